The molecular weight excluding hydrogens is 242 g/mol. The van der Waals surface area contributed by atoms with Crippen molar-refractivity contribution < 1.29 is 9.90 Å². The fourth-order valence-corrected chi connectivity index (χ4v) is 2.64. The van der Waals surface area contributed by atoms with Crippen molar-refractivity contribution in [2.75, 3.05) is 0 Å². The molecule has 1 N–H and O–H groups in total. The van der Waals surface area contributed by atoms with Gasteiger partial charge in [0.05, 0.1) is 5.01 Å². The summed E-state index contributed by atoms with van der Waals surface area (Å²) in [5, 5.41) is 9.68. The van der Waals surface area contributed by atoms with Gasteiger partial charge in [0.1, 0.15) is 9.48 Å². The maximum atomic E-state index is 10.6. The molecule has 0 aliphatic heterocycles. The van der Waals surface area contributed by atoms with Crippen LogP contribution in [0, 0.1) is 0 Å². The fraction of sp³-hybridized carbons (Fsp3) is 0.429. The topological polar surface area (TPSA) is 50.2 Å². The van der Waals surface area contributed by atoms with Gasteiger partial charge in [-0.25, -0.2) is 9.78 Å². The number of aromatic nitrogens is 1. The second-order valence-corrected chi connectivity index (χ2v) is 4.53. The van der Waals surface area contributed by atoms with E-state index in [0.717, 1.165) is 17.8 Å². The van der Waals surface area contributed by atoms with E-state index >= 15 is 0 Å². The molecule has 1 saturated carbocycles. The number of carboxylic acids is 1. The zero-order valence-corrected chi connectivity index (χ0v) is 8.48. The van der Waals surface area contributed by atoms with E-state index < -0.39 is 5.97 Å². The van der Waals surface area contributed by atoms with Gasteiger partial charge in [0, 0.05) is 5.92 Å². The molecule has 0 unspecified atom stereocenters. The lowest BCUT2D eigenvalue weighted by molar-refractivity contribution is 0.0701. The molecular formula is C7H6BrNO2S. The van der Waals surface area contributed by atoms with Crippen LogP contribution in [0.25, 0.3) is 0 Å². The summed E-state index contributed by atoms with van der Waals surface area (Å²) in [5.74, 6) is -0.370. The first-order chi connectivity index (χ1) is 5.68. The van der Waals surface area contributed by atoms with Crippen LogP contribution in [0.5, 0.6) is 0 Å². The smallest absolute Gasteiger partial charge is 0.348 e. The molecule has 5 heteroatoms. The zero-order chi connectivity index (χ0) is 8.72. The highest BCUT2D eigenvalue weighted by molar-refractivity contribution is 9.10. The Kier molecular flexibility index (Phi) is 1.92. The summed E-state index contributed by atoms with van der Waals surface area (Å²) in [6, 6.07) is 0. The monoisotopic (exact) mass is 247 g/mol. The summed E-state index contributed by atoms with van der Waals surface area (Å²) in [6.45, 7) is 0. The third-order valence-electron chi connectivity index (χ3n) is 1.72. The molecule has 0 atom stereocenters. The number of carbonyl (C=O) groups is 1. The van der Waals surface area contributed by atoms with E-state index in [-0.39, 0.29) is 0 Å². The van der Waals surface area contributed by atoms with Crippen molar-refractivity contribution in [3.8, 4) is 0 Å². The van der Waals surface area contributed by atoms with Crippen molar-refractivity contribution >= 4 is 33.2 Å². The molecule has 0 saturated heterocycles. The highest BCUT2D eigenvalue weighted by Crippen LogP contribution is 2.43. The molecule has 2 rings (SSSR count). The van der Waals surface area contributed by atoms with E-state index in [9.17, 15) is 4.79 Å². The minimum Gasteiger partial charge on any atom is -0.477 e. The van der Waals surface area contributed by atoms with E-state index in [1.165, 1.54) is 11.3 Å². The summed E-state index contributed by atoms with van der Waals surface area (Å²) < 4.78 is 0.474. The predicted octanol–water partition coefficient (Wildman–Crippen LogP) is 2.48. The summed E-state index contributed by atoms with van der Waals surface area (Å²) in [6.07, 6.45) is 2.30. The van der Waals surface area contributed by atoms with Crippen LogP contribution in [0.3, 0.4) is 0 Å². The Labute approximate surface area is 81.6 Å². The first kappa shape index (κ1) is 8.19. The lowest BCUT2D eigenvalue weighted by Gasteiger charge is -1.83. The third-order valence-corrected chi connectivity index (χ3v) is 3.77. The molecule has 0 amide bonds. The van der Waals surface area contributed by atoms with Crippen LogP contribution in [0.4, 0.5) is 0 Å². The molecule has 1 aliphatic rings. The van der Waals surface area contributed by atoms with Gasteiger partial charge in [0.2, 0.25) is 0 Å². The Morgan fingerprint density at radius 3 is 2.75 bits per heavy atom. The van der Waals surface area contributed by atoms with Crippen LogP contribution in [0.15, 0.2) is 4.60 Å². The van der Waals surface area contributed by atoms with E-state index in [4.69, 9.17) is 5.11 Å². The Balaban J connectivity index is 2.36. The van der Waals surface area contributed by atoms with Crippen molar-refractivity contribution in [1.29, 1.82) is 0 Å². The Morgan fingerprint density at radius 1 is 1.67 bits per heavy atom. The first-order valence-electron chi connectivity index (χ1n) is 3.58. The molecule has 0 spiro atoms. The quantitative estimate of drug-likeness (QED) is 0.874. The van der Waals surface area contributed by atoms with Gasteiger partial charge >= 0.3 is 5.97 Å². The Hall–Kier alpha value is -0.420. The number of rotatable bonds is 2. The largest absolute Gasteiger partial charge is 0.477 e. The molecule has 64 valence electrons. The minimum absolute atomic E-state index is 0.317. The molecule has 1 fully saturated rings. The molecule has 1 heterocycles. The molecule has 0 bridgehead atoms. The first-order valence-corrected chi connectivity index (χ1v) is 5.19. The lowest BCUT2D eigenvalue weighted by atomic mass is 10.5. The molecule has 0 aromatic carbocycles. The van der Waals surface area contributed by atoms with Gasteiger partial charge in [0.25, 0.3) is 0 Å². The van der Waals surface area contributed by atoms with Crippen LogP contribution in [-0.2, 0) is 0 Å². The lowest BCUT2D eigenvalue weighted by Crippen LogP contribution is -1.91. The highest BCUT2D eigenvalue weighted by atomic mass is 79.9. The van der Waals surface area contributed by atoms with Crippen molar-refractivity contribution in [1.82, 2.24) is 4.98 Å². The summed E-state index contributed by atoms with van der Waals surface area (Å²) in [5.41, 5.74) is 0. The summed E-state index contributed by atoms with van der Waals surface area (Å²) in [7, 11) is 0. The Morgan fingerprint density at radius 2 is 2.33 bits per heavy atom. The van der Waals surface area contributed by atoms with Crippen LogP contribution < -0.4 is 0 Å². The van der Waals surface area contributed by atoms with Crippen LogP contribution in [0.2, 0.25) is 0 Å². The second kappa shape index (κ2) is 2.81. The molecule has 0 radical (unpaired) electrons. The van der Waals surface area contributed by atoms with E-state index in [2.05, 4.69) is 20.9 Å². The fourth-order valence-electron chi connectivity index (χ4n) is 0.954. The third kappa shape index (κ3) is 1.38. The normalized spacial score (nSPS) is 16.4. The number of hydrogen-bond donors (Lipinski definition) is 1. The van der Waals surface area contributed by atoms with Gasteiger partial charge in [-0.3, -0.25) is 0 Å². The summed E-state index contributed by atoms with van der Waals surface area (Å²) >= 11 is 4.41. The van der Waals surface area contributed by atoms with Gasteiger partial charge in [-0.2, -0.15) is 0 Å². The van der Waals surface area contributed by atoms with Gasteiger partial charge < -0.3 is 5.11 Å². The maximum absolute atomic E-state index is 10.6. The number of carboxylic acid groups (broad SMARTS) is 1. The molecule has 1 aliphatic carbocycles. The van der Waals surface area contributed by atoms with Gasteiger partial charge in [0.15, 0.2) is 0 Å². The van der Waals surface area contributed by atoms with Gasteiger partial charge in [-0.15, -0.1) is 11.3 Å². The van der Waals surface area contributed by atoms with Crippen LogP contribution >= 0.6 is 27.3 Å². The average molecular weight is 248 g/mol. The molecule has 1 aromatic heterocycles. The van der Waals surface area contributed by atoms with E-state index in [1.807, 2.05) is 0 Å². The number of halogens is 1. The average Bonchev–Trinajstić information content (AvgIpc) is 2.75. The summed E-state index contributed by atoms with van der Waals surface area (Å²) in [4.78, 5) is 15.1. The van der Waals surface area contributed by atoms with E-state index in [0.29, 0.717) is 15.4 Å². The van der Waals surface area contributed by atoms with Crippen molar-refractivity contribution in [3.63, 3.8) is 0 Å². The molecule has 12 heavy (non-hydrogen) atoms. The number of thiazole rings is 1. The molecule has 3 nitrogen and oxygen atoms in total. The van der Waals surface area contributed by atoms with Gasteiger partial charge in [-0.05, 0) is 28.8 Å². The standard InChI is InChI=1S/C7H6BrNO2S/c8-5-4(7(10)11)12-6(9-5)3-1-2-3/h3H,1-2H2,(H,10,11). The van der Waals surface area contributed by atoms with Crippen molar-refractivity contribution in [3.05, 3.63) is 14.5 Å². The highest BCUT2D eigenvalue weighted by Gasteiger charge is 2.29. The minimum atomic E-state index is -0.897. The number of hydrogen-bond acceptors (Lipinski definition) is 3. The molecule has 1 aromatic rings. The maximum Gasteiger partial charge on any atom is 0.348 e. The van der Waals surface area contributed by atoms with Crippen LogP contribution in [0.1, 0.15) is 33.4 Å². The number of aromatic carboxylic acids is 1. The second-order valence-electron chi connectivity index (χ2n) is 2.75. The van der Waals surface area contributed by atoms with Crippen molar-refractivity contribution in [2.24, 2.45) is 0 Å². The zero-order valence-electron chi connectivity index (χ0n) is 6.08. The SMILES string of the molecule is O=C(O)c1sc(C2CC2)nc1Br. The van der Waals surface area contributed by atoms with E-state index in [1.54, 1.807) is 0 Å². The Bertz CT molecular complexity index is 332. The van der Waals surface area contributed by atoms with Crippen molar-refractivity contribution in [2.45, 2.75) is 18.8 Å². The van der Waals surface area contributed by atoms with Crippen LogP contribution in [-0.4, -0.2) is 16.1 Å². The number of nitrogens with zero attached hydrogens (tertiary/aromatic N) is 1. The van der Waals surface area contributed by atoms with Gasteiger partial charge in [-0.1, -0.05) is 0 Å². The predicted molar refractivity (Wildman–Crippen MR) is 48.7 cm³/mol.